The van der Waals surface area contributed by atoms with Gasteiger partial charge in [-0.25, -0.2) is 0 Å². The number of hydrogen-bond donors (Lipinski definition) is 2. The molecule has 0 atom stereocenters. The highest BCUT2D eigenvalue weighted by Gasteiger charge is 2.17. The molecule has 0 heterocycles. The second-order valence-electron chi connectivity index (χ2n) is 5.94. The van der Waals surface area contributed by atoms with Crippen molar-refractivity contribution in [3.8, 4) is 0 Å². The molecule has 4 N–H and O–H groups in total. The van der Waals surface area contributed by atoms with Gasteiger partial charge in [0.1, 0.15) is 0 Å². The maximum atomic E-state index is 5.70. The summed E-state index contributed by atoms with van der Waals surface area (Å²) in [4.78, 5) is 0. The lowest BCUT2D eigenvalue weighted by Gasteiger charge is -2.23. The van der Waals surface area contributed by atoms with Crippen molar-refractivity contribution in [2.45, 2.75) is 39.5 Å². The SMILES string of the molecule is Cc1ccc(CC(CN)CN)cc1C(C)(C)C. The first-order valence-corrected chi connectivity index (χ1v) is 6.38. The van der Waals surface area contributed by atoms with Gasteiger partial charge >= 0.3 is 0 Å². The Morgan fingerprint density at radius 3 is 2.18 bits per heavy atom. The molecule has 0 fully saturated rings. The number of aryl methyl sites for hydroxylation is 1. The first-order valence-electron chi connectivity index (χ1n) is 6.38. The molecule has 0 saturated heterocycles. The Kier molecular flexibility index (Phi) is 4.72. The number of hydrogen-bond acceptors (Lipinski definition) is 2. The Bertz CT molecular complexity index is 360. The zero-order valence-electron chi connectivity index (χ0n) is 11.6. The van der Waals surface area contributed by atoms with Gasteiger partial charge in [0.15, 0.2) is 0 Å². The van der Waals surface area contributed by atoms with Crippen LogP contribution >= 0.6 is 0 Å². The Balaban J connectivity index is 2.97. The molecule has 96 valence electrons. The first kappa shape index (κ1) is 14.2. The molecule has 0 aromatic heterocycles. The third-order valence-electron chi connectivity index (χ3n) is 3.30. The third-order valence-corrected chi connectivity index (χ3v) is 3.30. The average Bonchev–Trinajstić information content (AvgIpc) is 2.26. The van der Waals surface area contributed by atoms with Crippen LogP contribution in [0.25, 0.3) is 0 Å². The van der Waals surface area contributed by atoms with E-state index < -0.39 is 0 Å². The van der Waals surface area contributed by atoms with E-state index in [9.17, 15) is 0 Å². The molecule has 1 aromatic rings. The molecule has 0 bridgehead atoms. The van der Waals surface area contributed by atoms with E-state index in [-0.39, 0.29) is 5.41 Å². The minimum atomic E-state index is 0.195. The van der Waals surface area contributed by atoms with Crippen LogP contribution in [-0.4, -0.2) is 13.1 Å². The van der Waals surface area contributed by atoms with Crippen molar-refractivity contribution in [2.24, 2.45) is 17.4 Å². The van der Waals surface area contributed by atoms with Crippen molar-refractivity contribution in [1.29, 1.82) is 0 Å². The van der Waals surface area contributed by atoms with Gasteiger partial charge in [-0.3, -0.25) is 0 Å². The second kappa shape index (κ2) is 5.65. The molecule has 0 aliphatic rings. The fraction of sp³-hybridized carbons (Fsp3) is 0.600. The Hall–Kier alpha value is -0.860. The smallest absolute Gasteiger partial charge is 0.00336 e. The maximum absolute atomic E-state index is 5.70. The van der Waals surface area contributed by atoms with Crippen molar-refractivity contribution >= 4 is 0 Å². The highest BCUT2D eigenvalue weighted by atomic mass is 14.6. The fourth-order valence-corrected chi connectivity index (χ4v) is 2.20. The van der Waals surface area contributed by atoms with E-state index in [1.54, 1.807) is 0 Å². The van der Waals surface area contributed by atoms with Gasteiger partial charge in [-0.2, -0.15) is 0 Å². The molecule has 0 radical (unpaired) electrons. The summed E-state index contributed by atoms with van der Waals surface area (Å²) < 4.78 is 0. The van der Waals surface area contributed by atoms with Gasteiger partial charge in [0.05, 0.1) is 0 Å². The standard InChI is InChI=1S/C15H26N2/c1-11-5-6-12(7-13(9-16)10-17)8-14(11)15(2,3)4/h5-6,8,13H,7,9-10,16-17H2,1-4H3. The normalized spacial score (nSPS) is 12.2. The van der Waals surface area contributed by atoms with Crippen LogP contribution in [0.5, 0.6) is 0 Å². The zero-order valence-corrected chi connectivity index (χ0v) is 11.6. The maximum Gasteiger partial charge on any atom is -0.00336 e. The molecule has 0 amide bonds. The number of rotatable bonds is 4. The van der Waals surface area contributed by atoms with Crippen molar-refractivity contribution in [2.75, 3.05) is 13.1 Å². The van der Waals surface area contributed by atoms with E-state index in [2.05, 4.69) is 45.9 Å². The summed E-state index contributed by atoms with van der Waals surface area (Å²) in [6.07, 6.45) is 0.982. The molecule has 2 heteroatoms. The third kappa shape index (κ3) is 3.83. The molecule has 17 heavy (non-hydrogen) atoms. The first-order chi connectivity index (χ1) is 7.88. The summed E-state index contributed by atoms with van der Waals surface area (Å²) in [6, 6.07) is 6.72. The van der Waals surface area contributed by atoms with E-state index in [1.165, 1.54) is 16.7 Å². The van der Waals surface area contributed by atoms with Crippen molar-refractivity contribution in [1.82, 2.24) is 0 Å². The predicted molar refractivity (Wildman–Crippen MR) is 75.2 cm³/mol. The summed E-state index contributed by atoms with van der Waals surface area (Å²) in [5.74, 6) is 0.394. The number of nitrogens with two attached hydrogens (primary N) is 2. The van der Waals surface area contributed by atoms with Crippen LogP contribution in [0, 0.1) is 12.8 Å². The van der Waals surface area contributed by atoms with Crippen LogP contribution in [0.15, 0.2) is 18.2 Å². The van der Waals surface area contributed by atoms with Crippen LogP contribution < -0.4 is 11.5 Å². The summed E-state index contributed by atoms with van der Waals surface area (Å²) >= 11 is 0. The molecule has 1 aromatic carbocycles. The van der Waals surface area contributed by atoms with Crippen LogP contribution in [0.4, 0.5) is 0 Å². The molecule has 0 aliphatic heterocycles. The van der Waals surface area contributed by atoms with Gasteiger partial charge in [0.2, 0.25) is 0 Å². The van der Waals surface area contributed by atoms with Crippen LogP contribution in [-0.2, 0) is 11.8 Å². The summed E-state index contributed by atoms with van der Waals surface area (Å²) in [5, 5.41) is 0. The minimum Gasteiger partial charge on any atom is -0.330 e. The van der Waals surface area contributed by atoms with Gasteiger partial charge in [-0.05, 0) is 54.5 Å². The highest BCUT2D eigenvalue weighted by molar-refractivity contribution is 5.36. The van der Waals surface area contributed by atoms with Crippen LogP contribution in [0.2, 0.25) is 0 Å². The van der Waals surface area contributed by atoms with Gasteiger partial charge in [0.25, 0.3) is 0 Å². The quantitative estimate of drug-likeness (QED) is 0.840. The molecular formula is C15H26N2. The van der Waals surface area contributed by atoms with Gasteiger partial charge < -0.3 is 11.5 Å². The lowest BCUT2D eigenvalue weighted by molar-refractivity contribution is 0.544. The molecule has 0 saturated carbocycles. The largest absolute Gasteiger partial charge is 0.330 e. The van der Waals surface area contributed by atoms with E-state index in [0.29, 0.717) is 19.0 Å². The van der Waals surface area contributed by atoms with E-state index in [1.807, 2.05) is 0 Å². The highest BCUT2D eigenvalue weighted by Crippen LogP contribution is 2.27. The average molecular weight is 234 g/mol. The van der Waals surface area contributed by atoms with Crippen LogP contribution in [0.1, 0.15) is 37.5 Å². The molecule has 0 unspecified atom stereocenters. The monoisotopic (exact) mass is 234 g/mol. The van der Waals surface area contributed by atoms with E-state index in [0.717, 1.165) is 6.42 Å². The summed E-state index contributed by atoms with van der Waals surface area (Å²) in [5.41, 5.74) is 15.7. The molecule has 0 spiro atoms. The molecular weight excluding hydrogens is 208 g/mol. The minimum absolute atomic E-state index is 0.195. The topological polar surface area (TPSA) is 52.0 Å². The van der Waals surface area contributed by atoms with Crippen molar-refractivity contribution in [3.05, 3.63) is 34.9 Å². The van der Waals surface area contributed by atoms with Gasteiger partial charge in [-0.15, -0.1) is 0 Å². The van der Waals surface area contributed by atoms with Gasteiger partial charge in [0, 0.05) is 0 Å². The molecule has 0 aliphatic carbocycles. The second-order valence-corrected chi connectivity index (χ2v) is 5.94. The van der Waals surface area contributed by atoms with E-state index >= 15 is 0 Å². The Morgan fingerprint density at radius 2 is 1.71 bits per heavy atom. The summed E-state index contributed by atoms with van der Waals surface area (Å²) in [7, 11) is 0. The lowest BCUT2D eigenvalue weighted by Crippen LogP contribution is -2.25. The molecule has 2 nitrogen and oxygen atoms in total. The van der Waals surface area contributed by atoms with Gasteiger partial charge in [-0.1, -0.05) is 39.0 Å². The Morgan fingerprint density at radius 1 is 1.12 bits per heavy atom. The van der Waals surface area contributed by atoms with Crippen molar-refractivity contribution in [3.63, 3.8) is 0 Å². The number of benzene rings is 1. The fourth-order valence-electron chi connectivity index (χ4n) is 2.20. The zero-order chi connectivity index (χ0) is 13.1. The summed E-state index contributed by atoms with van der Waals surface area (Å²) in [6.45, 7) is 10.3. The predicted octanol–water partition coefficient (Wildman–Crippen LogP) is 2.37. The van der Waals surface area contributed by atoms with Crippen LogP contribution in [0.3, 0.4) is 0 Å². The van der Waals surface area contributed by atoms with Crippen molar-refractivity contribution < 1.29 is 0 Å². The Labute approximate surface area is 105 Å². The lowest BCUT2D eigenvalue weighted by atomic mass is 9.82. The molecule has 1 rings (SSSR count). The van der Waals surface area contributed by atoms with E-state index in [4.69, 9.17) is 11.5 Å².